The predicted octanol–water partition coefficient (Wildman–Crippen LogP) is 14.1. The van der Waals surface area contributed by atoms with Crippen LogP contribution in [0.4, 0.5) is 0 Å². The number of allylic oxidation sites excluding steroid dienone is 1. The van der Waals surface area contributed by atoms with Gasteiger partial charge in [0.1, 0.15) is 24.4 Å². The smallest absolute Gasteiger partial charge is 0.187 e. The molecule has 1 saturated heterocycles. The summed E-state index contributed by atoms with van der Waals surface area (Å²) in [4.78, 5) is 0. The Morgan fingerprint density at radius 1 is 0.597 bits per heavy atom. The van der Waals surface area contributed by atoms with Crippen molar-refractivity contribution in [2.75, 3.05) is 6.61 Å². The Labute approximate surface area is 403 Å². The van der Waals surface area contributed by atoms with Crippen molar-refractivity contribution in [3.8, 4) is 0 Å². The lowest BCUT2D eigenvalue weighted by Gasteiger charge is -2.58. The van der Waals surface area contributed by atoms with E-state index >= 15 is 0 Å². The molecule has 4 aromatic carbocycles. The molecule has 67 heavy (non-hydrogen) atoms. The zero-order valence-electron chi connectivity index (χ0n) is 41.3. The van der Waals surface area contributed by atoms with E-state index in [1.54, 1.807) is 5.57 Å². The highest BCUT2D eigenvalue weighted by atomic mass is 16.7. The van der Waals surface area contributed by atoms with Gasteiger partial charge in [-0.1, -0.05) is 187 Å². The summed E-state index contributed by atoms with van der Waals surface area (Å²) in [6, 6.07) is 41.5. The molecule has 1 heterocycles. The molecule has 0 amide bonds. The van der Waals surface area contributed by atoms with Gasteiger partial charge in [0, 0.05) is 0 Å². The largest absolute Gasteiger partial charge is 0.374 e. The third-order valence-electron chi connectivity index (χ3n) is 17.4. The molecule has 1 aliphatic heterocycles. The van der Waals surface area contributed by atoms with Crippen molar-refractivity contribution in [2.45, 2.75) is 168 Å². The van der Waals surface area contributed by atoms with Gasteiger partial charge in [-0.15, -0.1) is 0 Å². The monoisotopic (exact) mass is 909 g/mol. The summed E-state index contributed by atoms with van der Waals surface area (Å²) >= 11 is 0. The molecule has 0 aromatic heterocycles. The minimum atomic E-state index is -0.689. The van der Waals surface area contributed by atoms with E-state index in [0.717, 1.165) is 77.0 Å². The minimum absolute atomic E-state index is 0.00236. The van der Waals surface area contributed by atoms with Crippen LogP contribution in [0.5, 0.6) is 0 Å². The van der Waals surface area contributed by atoms with Crippen LogP contribution in [0.3, 0.4) is 0 Å². The van der Waals surface area contributed by atoms with E-state index in [9.17, 15) is 0 Å². The fourth-order valence-electron chi connectivity index (χ4n) is 13.8. The van der Waals surface area contributed by atoms with Crippen LogP contribution in [0.15, 0.2) is 133 Å². The Kier molecular flexibility index (Phi) is 16.2. The number of rotatable bonds is 20. The van der Waals surface area contributed by atoms with Gasteiger partial charge in [-0.25, -0.2) is 0 Å². The molecule has 4 aliphatic carbocycles. The van der Waals surface area contributed by atoms with Gasteiger partial charge in [0.05, 0.1) is 39.1 Å². The third kappa shape index (κ3) is 11.4. The summed E-state index contributed by atoms with van der Waals surface area (Å²) in [6.07, 6.45) is 14.0. The normalized spacial score (nSPS) is 33.1. The first-order valence-corrected chi connectivity index (χ1v) is 26.3. The molecule has 3 saturated carbocycles. The van der Waals surface area contributed by atoms with Crippen LogP contribution in [0.2, 0.25) is 0 Å². The van der Waals surface area contributed by atoms with Crippen molar-refractivity contribution in [1.82, 2.24) is 0 Å². The van der Waals surface area contributed by atoms with Gasteiger partial charge in [-0.3, -0.25) is 0 Å². The van der Waals surface area contributed by atoms with Crippen molar-refractivity contribution in [1.29, 1.82) is 0 Å². The van der Waals surface area contributed by atoms with Crippen molar-refractivity contribution >= 4 is 0 Å². The summed E-state index contributed by atoms with van der Waals surface area (Å²) in [5, 5.41) is 0. The second-order valence-corrected chi connectivity index (χ2v) is 22.1. The topological polar surface area (TPSA) is 55.4 Å². The van der Waals surface area contributed by atoms with Gasteiger partial charge in [-0.2, -0.15) is 0 Å². The molecule has 0 radical (unpaired) electrons. The molecular formula is C61H80O6. The zero-order chi connectivity index (χ0) is 46.2. The van der Waals surface area contributed by atoms with E-state index in [4.69, 9.17) is 28.4 Å². The molecule has 0 bridgehead atoms. The van der Waals surface area contributed by atoms with E-state index in [0.29, 0.717) is 38.4 Å². The first kappa shape index (κ1) is 48.4. The highest BCUT2D eigenvalue weighted by molar-refractivity contribution is 5.26. The number of hydrogen-bond acceptors (Lipinski definition) is 6. The highest BCUT2D eigenvalue weighted by Gasteiger charge is 2.59. The molecule has 6 nitrogen and oxygen atoms in total. The maximum Gasteiger partial charge on any atom is 0.187 e. The van der Waals surface area contributed by atoms with Gasteiger partial charge in [0.25, 0.3) is 0 Å². The lowest BCUT2D eigenvalue weighted by molar-refractivity contribution is -0.337. The van der Waals surface area contributed by atoms with Crippen LogP contribution in [-0.2, 0) is 54.8 Å². The van der Waals surface area contributed by atoms with E-state index < -0.39 is 30.7 Å². The molecule has 13 atom stereocenters. The lowest BCUT2D eigenvalue weighted by Crippen LogP contribution is -2.62. The summed E-state index contributed by atoms with van der Waals surface area (Å²) in [5.41, 5.74) is 6.70. The second-order valence-electron chi connectivity index (χ2n) is 22.1. The average molecular weight is 909 g/mol. The SMILES string of the molecule is CC(C)CCCC(C)[C@H]1CCC2C3CC=C4C[C@@H](OC5O[C@H](COCc6ccccc6)[C@@H](OCc6ccccc6)[C@H](OCc6ccccc6)[C@H]5OCc5ccccc5)CC[C@]4(C)C3CC[C@@]21C. The standard InChI is InChI=1S/C61H80O6/c1-43(2)19-18-20-44(3)52-31-32-53-51-30-29-49-37-50(33-35-60(49,4)54(51)34-36-61(52,53)5)66-59-58(65-41-48-27-16-9-17-28-48)57(64-40-47-25-14-8-15-26-47)56(63-39-46-23-12-7-13-24-46)55(67-59)42-62-38-45-21-10-6-11-22-45/h6-17,21-29,43-44,50-59H,18-20,30-42H2,1-5H3/t44?,50-,51?,52+,53?,54?,55+,56+,57-,58+,59?,60-,61+/m0/s1. The fraction of sp³-hybridized carbons (Fsp3) is 0.574. The van der Waals surface area contributed by atoms with E-state index in [1.165, 1.54) is 51.4 Å². The maximum absolute atomic E-state index is 7.35. The maximum atomic E-state index is 7.35. The Morgan fingerprint density at radius 2 is 1.16 bits per heavy atom. The third-order valence-corrected chi connectivity index (χ3v) is 17.4. The highest BCUT2D eigenvalue weighted by Crippen LogP contribution is 2.67. The molecule has 9 rings (SSSR count). The van der Waals surface area contributed by atoms with Crippen LogP contribution in [0, 0.1) is 46.3 Å². The quantitative estimate of drug-likeness (QED) is 0.0824. The Morgan fingerprint density at radius 3 is 1.76 bits per heavy atom. The van der Waals surface area contributed by atoms with Crippen molar-refractivity contribution in [3.05, 3.63) is 155 Å². The molecule has 0 spiro atoms. The Balaban J connectivity index is 0.963. The predicted molar refractivity (Wildman–Crippen MR) is 268 cm³/mol. The van der Waals surface area contributed by atoms with Gasteiger partial charge >= 0.3 is 0 Å². The van der Waals surface area contributed by atoms with Crippen molar-refractivity contribution in [3.63, 3.8) is 0 Å². The van der Waals surface area contributed by atoms with Crippen molar-refractivity contribution in [2.24, 2.45) is 46.3 Å². The summed E-state index contributed by atoms with van der Waals surface area (Å²) in [5.74, 6) is 4.89. The number of hydrogen-bond donors (Lipinski definition) is 0. The number of benzene rings is 4. The van der Waals surface area contributed by atoms with Gasteiger partial charge in [0.15, 0.2) is 6.29 Å². The van der Waals surface area contributed by atoms with Crippen molar-refractivity contribution < 1.29 is 28.4 Å². The van der Waals surface area contributed by atoms with Crippen LogP contribution in [0.25, 0.3) is 0 Å². The second kappa shape index (κ2) is 22.4. The van der Waals surface area contributed by atoms with E-state index in [2.05, 4.69) is 138 Å². The molecule has 360 valence electrons. The Hall–Kier alpha value is -3.62. The first-order chi connectivity index (χ1) is 32.7. The van der Waals surface area contributed by atoms with Crippen LogP contribution >= 0.6 is 0 Å². The molecule has 5 aliphatic rings. The molecular weight excluding hydrogens is 829 g/mol. The van der Waals surface area contributed by atoms with Crippen LogP contribution < -0.4 is 0 Å². The lowest BCUT2D eigenvalue weighted by atomic mass is 9.47. The summed E-state index contributed by atoms with van der Waals surface area (Å²) < 4.78 is 42.1. The first-order valence-electron chi connectivity index (χ1n) is 26.3. The number of fused-ring (bicyclic) bond motifs is 5. The van der Waals surface area contributed by atoms with E-state index in [1.807, 2.05) is 24.3 Å². The summed E-state index contributed by atoms with van der Waals surface area (Å²) in [7, 11) is 0. The molecule has 4 aromatic rings. The van der Waals surface area contributed by atoms with Gasteiger partial charge in [-0.05, 0) is 120 Å². The van der Waals surface area contributed by atoms with E-state index in [-0.39, 0.29) is 11.5 Å². The van der Waals surface area contributed by atoms with Gasteiger partial charge in [0.2, 0.25) is 0 Å². The fourth-order valence-corrected chi connectivity index (χ4v) is 13.8. The molecule has 4 fully saturated rings. The van der Waals surface area contributed by atoms with Gasteiger partial charge < -0.3 is 28.4 Å². The number of ether oxygens (including phenoxy) is 6. The molecule has 5 unspecified atom stereocenters. The summed E-state index contributed by atoms with van der Waals surface area (Å²) in [6.45, 7) is 14.7. The van der Waals surface area contributed by atoms with Crippen LogP contribution in [0.1, 0.15) is 128 Å². The molecule has 6 heteroatoms. The molecule has 0 N–H and O–H groups in total. The zero-order valence-corrected chi connectivity index (χ0v) is 41.3. The Bertz CT molecular complexity index is 2130. The minimum Gasteiger partial charge on any atom is -0.374 e. The van der Waals surface area contributed by atoms with Crippen LogP contribution in [-0.4, -0.2) is 43.4 Å². The average Bonchev–Trinajstić information content (AvgIpc) is 3.71.